The van der Waals surface area contributed by atoms with Gasteiger partial charge in [0.25, 0.3) is 0 Å². The molecule has 0 bridgehead atoms. The molecule has 0 aliphatic carbocycles. The summed E-state index contributed by atoms with van der Waals surface area (Å²) in [6.07, 6.45) is 0.453. The number of carbonyl (C=O) groups is 1. The number of hydrogen-bond donors (Lipinski definition) is 2. The van der Waals surface area contributed by atoms with Crippen LogP contribution in [-0.4, -0.2) is 78.5 Å². The lowest BCUT2D eigenvalue weighted by Gasteiger charge is -2.41. The summed E-state index contributed by atoms with van der Waals surface area (Å²) >= 11 is 0. The largest absolute Gasteiger partial charge is 0.414 e. The maximum Gasteiger partial charge on any atom is 0.340 e. The van der Waals surface area contributed by atoms with E-state index in [1.807, 2.05) is 76.2 Å². The van der Waals surface area contributed by atoms with Crippen LogP contribution >= 0.6 is 0 Å². The van der Waals surface area contributed by atoms with E-state index in [2.05, 4.69) is 66.8 Å². The Morgan fingerprint density at radius 3 is 1.52 bits per heavy atom. The van der Waals surface area contributed by atoms with Crippen molar-refractivity contribution in [2.75, 3.05) is 13.2 Å². The van der Waals surface area contributed by atoms with Crippen molar-refractivity contribution in [2.24, 2.45) is 0 Å². The highest BCUT2D eigenvalue weighted by atomic mass is 28.4. The lowest BCUT2D eigenvalue weighted by Crippen LogP contribution is -2.50. The van der Waals surface area contributed by atoms with E-state index in [4.69, 9.17) is 22.8 Å². The molecular formula is C45H80O8Si3. The molecule has 2 aromatic rings. The molecule has 4 atom stereocenters. The van der Waals surface area contributed by atoms with Crippen LogP contribution in [0, 0.1) is 0 Å². The SMILES string of the molecule is CC[Si](CC)(CC)O[C@H](CCOCc1ccccc1)C[C@H](O)CC(=O)C[C@H](C[C@H](CCOCc1ccccc1)O[Si](O)(C(C)C)C(C)C)O[Si](C)(C)C(C)(C)C. The van der Waals surface area contributed by atoms with E-state index >= 15 is 0 Å². The van der Waals surface area contributed by atoms with Crippen LogP contribution in [0.1, 0.15) is 119 Å². The third-order valence-electron chi connectivity index (χ3n) is 12.0. The van der Waals surface area contributed by atoms with Crippen molar-refractivity contribution in [3.05, 3.63) is 71.8 Å². The molecule has 0 spiro atoms. The first-order valence-electron chi connectivity index (χ1n) is 21.5. The Labute approximate surface area is 344 Å². The maximum atomic E-state index is 14.0. The van der Waals surface area contributed by atoms with E-state index in [0.717, 1.165) is 29.3 Å². The average Bonchev–Trinajstić information content (AvgIpc) is 3.13. The van der Waals surface area contributed by atoms with Gasteiger partial charge in [0, 0.05) is 32.2 Å². The summed E-state index contributed by atoms with van der Waals surface area (Å²) in [5, 5.41) is 11.4. The molecular weight excluding hydrogens is 753 g/mol. The fourth-order valence-electron chi connectivity index (χ4n) is 7.01. The van der Waals surface area contributed by atoms with Gasteiger partial charge in [0.15, 0.2) is 16.6 Å². The Morgan fingerprint density at radius 2 is 1.11 bits per heavy atom. The zero-order valence-corrected chi connectivity index (χ0v) is 40.3. The van der Waals surface area contributed by atoms with Crippen molar-refractivity contribution in [3.8, 4) is 0 Å². The normalized spacial score (nSPS) is 15.3. The Kier molecular flexibility index (Phi) is 22.2. The summed E-state index contributed by atoms with van der Waals surface area (Å²) in [6, 6.07) is 23.2. The first kappa shape index (κ1) is 50.6. The summed E-state index contributed by atoms with van der Waals surface area (Å²) in [6.45, 7) is 27.8. The zero-order chi connectivity index (χ0) is 42.0. The molecule has 11 heteroatoms. The highest BCUT2D eigenvalue weighted by Gasteiger charge is 2.45. The minimum absolute atomic E-state index is 0.0133. The quantitative estimate of drug-likeness (QED) is 0.0617. The van der Waals surface area contributed by atoms with Gasteiger partial charge in [-0.15, -0.1) is 0 Å². The summed E-state index contributed by atoms with van der Waals surface area (Å²) in [7, 11) is -7.44. The number of Topliss-reactive ketones (excluding diaryl/α,β-unsaturated/α-hetero) is 1. The van der Waals surface area contributed by atoms with Crippen LogP contribution in [-0.2, 0) is 40.8 Å². The van der Waals surface area contributed by atoms with Crippen LogP contribution < -0.4 is 0 Å². The second kappa shape index (κ2) is 24.5. The zero-order valence-electron chi connectivity index (χ0n) is 37.3. The summed E-state index contributed by atoms with van der Waals surface area (Å²) in [5.41, 5.74) is 2.20. The molecule has 0 radical (unpaired) electrons. The van der Waals surface area contributed by atoms with Crippen LogP contribution in [0.5, 0.6) is 0 Å². The lowest BCUT2D eigenvalue weighted by atomic mass is 9.99. The molecule has 2 rings (SSSR count). The number of ketones is 1. The number of aliphatic hydroxyl groups excluding tert-OH is 1. The predicted octanol–water partition coefficient (Wildman–Crippen LogP) is 11.1. The topological polar surface area (TPSA) is 104 Å². The summed E-state index contributed by atoms with van der Waals surface area (Å²) < 4.78 is 32.9. The smallest absolute Gasteiger partial charge is 0.340 e. The Bertz CT molecular complexity index is 1330. The number of ether oxygens (including phenoxy) is 2. The van der Waals surface area contributed by atoms with Gasteiger partial charge in [-0.05, 0) is 84.2 Å². The molecule has 8 nitrogen and oxygen atoms in total. The van der Waals surface area contributed by atoms with Crippen LogP contribution in [0.15, 0.2) is 60.7 Å². The Morgan fingerprint density at radius 1 is 0.661 bits per heavy atom. The maximum absolute atomic E-state index is 14.0. The van der Waals surface area contributed by atoms with Crippen LogP contribution in [0.4, 0.5) is 0 Å². The molecule has 2 aromatic carbocycles. The van der Waals surface area contributed by atoms with Gasteiger partial charge in [-0.25, -0.2) is 0 Å². The Balaban J connectivity index is 2.25. The number of aliphatic hydroxyl groups is 1. The first-order valence-corrected chi connectivity index (χ1v) is 28.9. The van der Waals surface area contributed by atoms with E-state index in [1.165, 1.54) is 0 Å². The van der Waals surface area contributed by atoms with Gasteiger partial charge in [0.05, 0.1) is 31.5 Å². The molecule has 0 aliphatic heterocycles. The molecule has 0 saturated carbocycles. The van der Waals surface area contributed by atoms with Crippen molar-refractivity contribution in [1.82, 2.24) is 0 Å². The van der Waals surface area contributed by atoms with Crippen molar-refractivity contribution < 1.29 is 37.4 Å². The molecule has 0 aromatic heterocycles. The van der Waals surface area contributed by atoms with Crippen molar-refractivity contribution in [3.63, 3.8) is 0 Å². The van der Waals surface area contributed by atoms with Gasteiger partial charge in [0.1, 0.15) is 5.78 Å². The molecule has 0 heterocycles. The predicted molar refractivity (Wildman–Crippen MR) is 238 cm³/mol. The minimum Gasteiger partial charge on any atom is -0.414 e. The molecule has 0 unspecified atom stereocenters. The monoisotopic (exact) mass is 833 g/mol. The van der Waals surface area contributed by atoms with Crippen LogP contribution in [0.25, 0.3) is 0 Å². The third-order valence-corrected chi connectivity index (χ3v) is 25.3. The van der Waals surface area contributed by atoms with E-state index in [-0.39, 0.29) is 47.0 Å². The average molecular weight is 833 g/mol. The van der Waals surface area contributed by atoms with Crippen molar-refractivity contribution in [1.29, 1.82) is 0 Å². The number of carbonyl (C=O) groups excluding carboxylic acids is 1. The Hall–Kier alpha value is -1.52. The molecule has 0 saturated heterocycles. The first-order chi connectivity index (χ1) is 26.3. The number of rotatable bonds is 29. The van der Waals surface area contributed by atoms with Crippen LogP contribution in [0.3, 0.4) is 0 Å². The van der Waals surface area contributed by atoms with E-state index in [0.29, 0.717) is 52.1 Å². The fraction of sp³-hybridized carbons (Fsp3) is 0.711. The van der Waals surface area contributed by atoms with Crippen LogP contribution in [0.2, 0.25) is 47.3 Å². The number of hydrogen-bond acceptors (Lipinski definition) is 8. The van der Waals surface area contributed by atoms with Gasteiger partial charge in [-0.1, -0.05) is 130 Å². The van der Waals surface area contributed by atoms with Gasteiger partial charge in [0.2, 0.25) is 0 Å². The summed E-state index contributed by atoms with van der Waals surface area (Å²) in [5.74, 6) is -0.0374. The minimum atomic E-state index is -3.15. The molecule has 320 valence electrons. The lowest BCUT2D eigenvalue weighted by molar-refractivity contribution is -0.123. The second-order valence-corrected chi connectivity index (χ2v) is 31.5. The van der Waals surface area contributed by atoms with E-state index in [9.17, 15) is 14.7 Å². The van der Waals surface area contributed by atoms with Crippen molar-refractivity contribution >= 4 is 31.0 Å². The second-order valence-electron chi connectivity index (χ2n) is 18.0. The van der Waals surface area contributed by atoms with Gasteiger partial charge >= 0.3 is 8.56 Å². The molecule has 2 N–H and O–H groups in total. The standard InChI is InChI=1S/C45H80O8Si3/c1-13-55(14-2,15-3)52-42(26-28-49-34-38-22-18-16-19-23-38)31-40(46)30-41(47)32-44(51-54(11,12)45(8,9)10)33-43(53-56(48,36(4)5)37(6)7)27-29-50-35-39-24-20-17-21-25-39/h16-25,36-37,40,42-44,46,48H,13-15,26-35H2,1-12H3/t40-,42-,43+,44-/m1/s1. The third kappa shape index (κ3) is 17.4. The van der Waals surface area contributed by atoms with Gasteiger partial charge in [-0.3, -0.25) is 4.79 Å². The van der Waals surface area contributed by atoms with E-state index in [1.54, 1.807) is 0 Å². The molecule has 56 heavy (non-hydrogen) atoms. The molecule has 0 amide bonds. The molecule has 0 aliphatic rings. The summed E-state index contributed by atoms with van der Waals surface area (Å²) in [4.78, 5) is 25.9. The van der Waals surface area contributed by atoms with Gasteiger partial charge in [-0.2, -0.15) is 0 Å². The molecule has 0 fully saturated rings. The van der Waals surface area contributed by atoms with Gasteiger partial charge < -0.3 is 32.7 Å². The van der Waals surface area contributed by atoms with E-state index < -0.39 is 37.4 Å². The van der Waals surface area contributed by atoms with Crippen molar-refractivity contribution in [2.45, 2.75) is 193 Å². The highest BCUT2D eigenvalue weighted by Crippen LogP contribution is 2.39. The highest BCUT2D eigenvalue weighted by molar-refractivity contribution is 6.74. The number of benzene rings is 2. The fourth-order valence-corrected chi connectivity index (χ4v) is 13.9.